The van der Waals surface area contributed by atoms with Gasteiger partial charge in [-0.2, -0.15) is 0 Å². The Hall–Kier alpha value is -1.18. The number of carbonyl (C=O) groups excluding carboxylic acids is 1. The molecule has 0 saturated heterocycles. The van der Waals surface area contributed by atoms with Crippen LogP contribution in [0, 0.1) is 5.92 Å². The largest absolute Gasteiger partial charge is 0.299 e. The smallest absolute Gasteiger partial charge is 0.140 e. The van der Waals surface area contributed by atoms with E-state index >= 15 is 0 Å². The van der Waals surface area contributed by atoms with Crippen LogP contribution in [0.4, 0.5) is 0 Å². The van der Waals surface area contributed by atoms with Crippen LogP contribution in [0.5, 0.6) is 0 Å². The predicted molar refractivity (Wildman–Crippen MR) is 57.0 cm³/mol. The fourth-order valence-electron chi connectivity index (χ4n) is 1.59. The van der Waals surface area contributed by atoms with Gasteiger partial charge >= 0.3 is 0 Å². The minimum Gasteiger partial charge on any atom is -0.299 e. The van der Waals surface area contributed by atoms with Gasteiger partial charge in [0.05, 0.1) is 0 Å². The van der Waals surface area contributed by atoms with Gasteiger partial charge in [0.2, 0.25) is 0 Å². The van der Waals surface area contributed by atoms with Gasteiger partial charge in [0.15, 0.2) is 0 Å². The molecular weight excluding hydrogens is 174 g/mol. The number of hydrogen-bond donors (Lipinski definition) is 0. The second-order valence-electron chi connectivity index (χ2n) is 3.51. The number of carbonyl (C=O) groups is 1. The lowest BCUT2D eigenvalue weighted by Crippen LogP contribution is -2.15. The summed E-state index contributed by atoms with van der Waals surface area (Å²) >= 11 is 0. The van der Waals surface area contributed by atoms with Crippen molar-refractivity contribution in [2.45, 2.75) is 33.1 Å². The first kappa shape index (κ1) is 10.9. The molecule has 0 atom stereocenters. The molecule has 1 heterocycles. The Morgan fingerprint density at radius 2 is 1.86 bits per heavy atom. The third kappa shape index (κ3) is 2.95. The van der Waals surface area contributed by atoms with Crippen molar-refractivity contribution in [3.8, 4) is 0 Å². The van der Waals surface area contributed by atoms with Crippen molar-refractivity contribution < 1.29 is 4.79 Å². The van der Waals surface area contributed by atoms with Crippen LogP contribution in [0.15, 0.2) is 24.5 Å². The van der Waals surface area contributed by atoms with E-state index in [0.29, 0.717) is 12.2 Å². The van der Waals surface area contributed by atoms with Gasteiger partial charge in [-0.15, -0.1) is 0 Å². The molecule has 0 radical (unpaired) electrons. The highest BCUT2D eigenvalue weighted by Crippen LogP contribution is 2.12. The molecule has 76 valence electrons. The first-order chi connectivity index (χ1) is 6.77. The number of Topliss-reactive ketones (excluding diaryl/α,β-unsaturated/α-hetero) is 1. The zero-order chi connectivity index (χ0) is 10.4. The maximum absolute atomic E-state index is 11.8. The summed E-state index contributed by atoms with van der Waals surface area (Å²) < 4.78 is 0. The summed E-state index contributed by atoms with van der Waals surface area (Å²) in [6, 6.07) is 3.81. The summed E-state index contributed by atoms with van der Waals surface area (Å²) in [4.78, 5) is 15.7. The van der Waals surface area contributed by atoms with Crippen LogP contribution in [0.25, 0.3) is 0 Å². The van der Waals surface area contributed by atoms with E-state index in [9.17, 15) is 4.79 Å². The first-order valence-corrected chi connectivity index (χ1v) is 5.19. The Balaban J connectivity index is 2.57. The van der Waals surface area contributed by atoms with E-state index in [1.165, 1.54) is 0 Å². The second-order valence-corrected chi connectivity index (χ2v) is 3.51. The van der Waals surface area contributed by atoms with E-state index in [4.69, 9.17) is 0 Å². The summed E-state index contributed by atoms with van der Waals surface area (Å²) in [5, 5.41) is 0. The maximum atomic E-state index is 11.8. The second kappa shape index (κ2) is 5.53. The normalized spacial score (nSPS) is 10.5. The molecule has 2 heteroatoms. The molecule has 0 aromatic carbocycles. The molecule has 0 aliphatic carbocycles. The molecule has 0 aliphatic rings. The average Bonchev–Trinajstić information content (AvgIpc) is 2.21. The summed E-state index contributed by atoms with van der Waals surface area (Å²) in [7, 11) is 0. The molecule has 0 unspecified atom stereocenters. The third-order valence-electron chi connectivity index (χ3n) is 2.57. The molecule has 0 N–H and O–H groups in total. The number of hydrogen-bond acceptors (Lipinski definition) is 2. The van der Waals surface area contributed by atoms with Crippen LogP contribution >= 0.6 is 0 Å². The van der Waals surface area contributed by atoms with Gasteiger partial charge < -0.3 is 0 Å². The highest BCUT2D eigenvalue weighted by molar-refractivity contribution is 5.83. The number of rotatable bonds is 5. The van der Waals surface area contributed by atoms with Gasteiger partial charge in [-0.25, -0.2) is 0 Å². The average molecular weight is 191 g/mol. The molecule has 0 saturated carbocycles. The molecule has 1 aromatic rings. The van der Waals surface area contributed by atoms with Gasteiger partial charge in [0, 0.05) is 24.7 Å². The van der Waals surface area contributed by atoms with E-state index in [2.05, 4.69) is 18.8 Å². The van der Waals surface area contributed by atoms with Crippen molar-refractivity contribution in [1.82, 2.24) is 4.98 Å². The van der Waals surface area contributed by atoms with Crippen molar-refractivity contribution in [2.75, 3.05) is 0 Å². The van der Waals surface area contributed by atoms with Gasteiger partial charge in [-0.3, -0.25) is 9.78 Å². The van der Waals surface area contributed by atoms with Gasteiger partial charge in [0.1, 0.15) is 5.78 Å². The Labute approximate surface area is 85.4 Å². The van der Waals surface area contributed by atoms with Crippen molar-refractivity contribution in [3.05, 3.63) is 30.1 Å². The van der Waals surface area contributed by atoms with Crippen molar-refractivity contribution in [3.63, 3.8) is 0 Å². The standard InChI is InChI=1S/C12H17NO/c1-3-11(4-2)12(14)9-10-5-7-13-8-6-10/h5-8,11H,3-4,9H2,1-2H3. The van der Waals surface area contributed by atoms with E-state index in [1.54, 1.807) is 12.4 Å². The maximum Gasteiger partial charge on any atom is 0.140 e. The summed E-state index contributed by atoms with van der Waals surface area (Å²) in [6.45, 7) is 4.14. The Morgan fingerprint density at radius 3 is 2.36 bits per heavy atom. The topological polar surface area (TPSA) is 30.0 Å². The SMILES string of the molecule is CCC(CC)C(=O)Cc1ccncc1. The van der Waals surface area contributed by atoms with Gasteiger partial charge in [0.25, 0.3) is 0 Å². The zero-order valence-corrected chi connectivity index (χ0v) is 8.86. The summed E-state index contributed by atoms with van der Waals surface area (Å²) in [5.41, 5.74) is 1.07. The quantitative estimate of drug-likeness (QED) is 0.716. The van der Waals surface area contributed by atoms with Crippen LogP contribution in [0.3, 0.4) is 0 Å². The first-order valence-electron chi connectivity index (χ1n) is 5.19. The van der Waals surface area contributed by atoms with Crippen molar-refractivity contribution in [2.24, 2.45) is 5.92 Å². The van der Waals surface area contributed by atoms with Crippen LogP contribution in [0.1, 0.15) is 32.3 Å². The Kier molecular flexibility index (Phi) is 4.30. The minimum absolute atomic E-state index is 0.225. The van der Waals surface area contributed by atoms with Gasteiger partial charge in [-0.1, -0.05) is 13.8 Å². The lowest BCUT2D eigenvalue weighted by molar-refractivity contribution is -0.122. The number of nitrogens with zero attached hydrogens (tertiary/aromatic N) is 1. The minimum atomic E-state index is 0.225. The number of pyridine rings is 1. The highest BCUT2D eigenvalue weighted by atomic mass is 16.1. The molecule has 0 aliphatic heterocycles. The van der Waals surface area contributed by atoms with Crippen LogP contribution in [0.2, 0.25) is 0 Å². The summed E-state index contributed by atoms with van der Waals surface area (Å²) in [5.74, 6) is 0.573. The van der Waals surface area contributed by atoms with Crippen LogP contribution in [-0.4, -0.2) is 10.8 Å². The van der Waals surface area contributed by atoms with E-state index < -0.39 is 0 Å². The fraction of sp³-hybridized carbons (Fsp3) is 0.500. The molecule has 1 aromatic heterocycles. The lowest BCUT2D eigenvalue weighted by atomic mass is 9.94. The molecule has 2 nitrogen and oxygen atoms in total. The van der Waals surface area contributed by atoms with E-state index in [0.717, 1.165) is 18.4 Å². The van der Waals surface area contributed by atoms with E-state index in [-0.39, 0.29) is 5.92 Å². The van der Waals surface area contributed by atoms with Crippen molar-refractivity contribution in [1.29, 1.82) is 0 Å². The molecule has 0 amide bonds. The molecule has 0 bridgehead atoms. The monoisotopic (exact) mass is 191 g/mol. The Bertz CT molecular complexity index is 278. The fourth-order valence-corrected chi connectivity index (χ4v) is 1.59. The molecule has 0 spiro atoms. The third-order valence-corrected chi connectivity index (χ3v) is 2.57. The molecule has 14 heavy (non-hydrogen) atoms. The van der Waals surface area contributed by atoms with E-state index in [1.807, 2.05) is 12.1 Å². The lowest BCUT2D eigenvalue weighted by Gasteiger charge is -2.10. The molecule has 1 rings (SSSR count). The van der Waals surface area contributed by atoms with Crippen LogP contribution < -0.4 is 0 Å². The predicted octanol–water partition coefficient (Wildman–Crippen LogP) is 2.63. The number of aromatic nitrogens is 1. The van der Waals surface area contributed by atoms with Gasteiger partial charge in [-0.05, 0) is 30.5 Å². The highest BCUT2D eigenvalue weighted by Gasteiger charge is 2.13. The summed E-state index contributed by atoms with van der Waals surface area (Å²) in [6.07, 6.45) is 5.90. The zero-order valence-electron chi connectivity index (χ0n) is 8.86. The van der Waals surface area contributed by atoms with Crippen LogP contribution in [-0.2, 0) is 11.2 Å². The molecular formula is C12H17NO. The molecule has 0 fully saturated rings. The Morgan fingerprint density at radius 1 is 1.29 bits per heavy atom. The number of ketones is 1. The van der Waals surface area contributed by atoms with Crippen molar-refractivity contribution >= 4 is 5.78 Å².